The maximum Gasteiger partial charge on any atom is 0.343 e. The van der Waals surface area contributed by atoms with Gasteiger partial charge in [0.2, 0.25) is 5.91 Å². The van der Waals surface area contributed by atoms with Gasteiger partial charge in [-0.05, 0) is 50.4 Å². The number of amides is 1. The zero-order chi connectivity index (χ0) is 21.1. The topological polar surface area (TPSA) is 92.2 Å². The summed E-state index contributed by atoms with van der Waals surface area (Å²) in [6.07, 6.45) is 3.42. The van der Waals surface area contributed by atoms with Gasteiger partial charge in [-0.25, -0.2) is 4.79 Å². The van der Waals surface area contributed by atoms with Crippen molar-refractivity contribution in [2.45, 2.75) is 25.7 Å². The van der Waals surface area contributed by atoms with E-state index in [0.717, 1.165) is 25.9 Å². The lowest BCUT2D eigenvalue weighted by atomic mass is 9.93. The third-order valence-corrected chi connectivity index (χ3v) is 5.64. The first-order valence-corrected chi connectivity index (χ1v) is 10.3. The molecule has 0 bridgehead atoms. The minimum atomic E-state index is -0.486. The Hall–Kier alpha value is -3.13. The molecule has 1 amide bonds. The largest absolute Gasteiger partial charge is 0.462 e. The summed E-state index contributed by atoms with van der Waals surface area (Å²) in [4.78, 5) is 30.3. The number of hydrogen-bond donors (Lipinski definition) is 2. The van der Waals surface area contributed by atoms with Crippen LogP contribution in [-0.2, 0) is 16.6 Å². The molecule has 2 N–H and O–H groups in total. The Morgan fingerprint density at radius 2 is 2.03 bits per heavy atom. The lowest BCUT2D eigenvalue weighted by Crippen LogP contribution is -2.39. The van der Waals surface area contributed by atoms with Crippen LogP contribution in [0.3, 0.4) is 0 Å². The molecule has 2 aromatic heterocycles. The second kappa shape index (κ2) is 8.71. The number of aromatic nitrogens is 3. The molecule has 0 saturated carbocycles. The fraction of sp³-hybridized carbons (Fsp3) is 0.409. The fourth-order valence-corrected chi connectivity index (χ4v) is 4.04. The number of hydrogen-bond acceptors (Lipinski definition) is 5. The van der Waals surface area contributed by atoms with Crippen LogP contribution in [0.15, 0.2) is 36.5 Å². The fourth-order valence-electron chi connectivity index (χ4n) is 4.04. The van der Waals surface area contributed by atoms with Crippen molar-refractivity contribution in [2.24, 2.45) is 7.05 Å². The van der Waals surface area contributed by atoms with Crippen LogP contribution in [0.2, 0.25) is 0 Å². The Kier molecular flexibility index (Phi) is 5.85. The van der Waals surface area contributed by atoms with Crippen molar-refractivity contribution >= 4 is 28.6 Å². The highest BCUT2D eigenvalue weighted by molar-refractivity contribution is 6.00. The van der Waals surface area contributed by atoms with Crippen molar-refractivity contribution in [3.63, 3.8) is 0 Å². The maximum absolute atomic E-state index is 12.6. The van der Waals surface area contributed by atoms with Crippen molar-refractivity contribution in [1.82, 2.24) is 19.7 Å². The van der Waals surface area contributed by atoms with Gasteiger partial charge in [0.1, 0.15) is 11.4 Å². The van der Waals surface area contributed by atoms with E-state index < -0.39 is 5.97 Å². The molecule has 1 aliphatic heterocycles. The van der Waals surface area contributed by atoms with Crippen LogP contribution < -0.4 is 5.32 Å². The van der Waals surface area contributed by atoms with Crippen molar-refractivity contribution in [1.29, 1.82) is 0 Å². The molecular formula is C22H27N5O3. The van der Waals surface area contributed by atoms with Crippen LogP contribution >= 0.6 is 0 Å². The number of carbonyl (C=O) groups excluding carboxylic acids is 2. The number of carbonyl (C=O) groups is 2. The Morgan fingerprint density at radius 3 is 2.77 bits per heavy atom. The third-order valence-electron chi connectivity index (χ3n) is 5.64. The number of H-pyrrole nitrogens is 1. The van der Waals surface area contributed by atoms with Gasteiger partial charge in [0, 0.05) is 24.2 Å². The zero-order valence-corrected chi connectivity index (χ0v) is 17.4. The molecule has 4 rings (SSSR count). The summed E-state index contributed by atoms with van der Waals surface area (Å²) in [5.74, 6) is 0.198. The van der Waals surface area contributed by atoms with Gasteiger partial charge in [-0.1, -0.05) is 18.2 Å². The van der Waals surface area contributed by atoms with Gasteiger partial charge in [-0.15, -0.1) is 0 Å². The van der Waals surface area contributed by atoms with Crippen LogP contribution in [0.5, 0.6) is 0 Å². The van der Waals surface area contributed by atoms with Crippen LogP contribution in [0.1, 0.15) is 41.7 Å². The molecule has 0 atom stereocenters. The standard InChI is InChI=1S/C22H27N5O3/c1-3-30-22(29)17-13-23-26(2)21(17)25-20(28)14-27-10-8-15(9-11-27)19-12-16-6-4-5-7-18(16)24-19/h4-7,12-13,15,24H,3,8-11,14H2,1-2H3,(H,25,28). The summed E-state index contributed by atoms with van der Waals surface area (Å²) in [6, 6.07) is 10.6. The number of ether oxygens (including phenoxy) is 1. The quantitative estimate of drug-likeness (QED) is 0.611. The number of benzene rings is 1. The number of nitrogens with one attached hydrogen (secondary N) is 2. The van der Waals surface area contributed by atoms with E-state index >= 15 is 0 Å². The lowest BCUT2D eigenvalue weighted by molar-refractivity contribution is -0.117. The molecule has 0 spiro atoms. The normalized spacial score (nSPS) is 15.4. The Morgan fingerprint density at radius 1 is 1.27 bits per heavy atom. The molecule has 0 aliphatic carbocycles. The number of rotatable bonds is 6. The van der Waals surface area contributed by atoms with E-state index in [-0.39, 0.29) is 24.6 Å². The van der Waals surface area contributed by atoms with Gasteiger partial charge < -0.3 is 15.0 Å². The SMILES string of the molecule is CCOC(=O)c1cnn(C)c1NC(=O)CN1CCC(c2cc3ccccc3[nH]2)CC1. The average molecular weight is 409 g/mol. The van der Waals surface area contributed by atoms with Crippen LogP contribution in [0.4, 0.5) is 5.82 Å². The minimum absolute atomic E-state index is 0.159. The molecule has 158 valence electrons. The summed E-state index contributed by atoms with van der Waals surface area (Å²) in [5.41, 5.74) is 2.71. The second-order valence-electron chi connectivity index (χ2n) is 7.66. The third kappa shape index (κ3) is 4.23. The maximum atomic E-state index is 12.6. The van der Waals surface area contributed by atoms with Crippen LogP contribution in [0.25, 0.3) is 10.9 Å². The van der Waals surface area contributed by atoms with Crippen molar-refractivity contribution in [2.75, 3.05) is 31.6 Å². The highest BCUT2D eigenvalue weighted by Crippen LogP contribution is 2.29. The number of aromatic amines is 1. The summed E-state index contributed by atoms with van der Waals surface area (Å²) < 4.78 is 6.51. The van der Waals surface area contributed by atoms with Gasteiger partial charge >= 0.3 is 5.97 Å². The highest BCUT2D eigenvalue weighted by atomic mass is 16.5. The molecule has 8 nitrogen and oxygen atoms in total. The molecule has 0 unspecified atom stereocenters. The van der Waals surface area contributed by atoms with E-state index in [1.807, 2.05) is 6.07 Å². The number of fused-ring (bicyclic) bond motifs is 1. The van der Waals surface area contributed by atoms with E-state index in [9.17, 15) is 9.59 Å². The highest BCUT2D eigenvalue weighted by Gasteiger charge is 2.24. The monoisotopic (exact) mass is 409 g/mol. The Labute approximate surface area is 175 Å². The molecule has 3 heterocycles. The Balaban J connectivity index is 1.33. The molecule has 30 heavy (non-hydrogen) atoms. The molecule has 1 aromatic carbocycles. The van der Waals surface area contributed by atoms with Crippen LogP contribution in [0, 0.1) is 0 Å². The van der Waals surface area contributed by atoms with Crippen molar-refractivity contribution in [3.05, 3.63) is 47.8 Å². The smallest absolute Gasteiger partial charge is 0.343 e. The average Bonchev–Trinajstić information content (AvgIpc) is 3.33. The predicted molar refractivity (Wildman–Crippen MR) is 115 cm³/mol. The minimum Gasteiger partial charge on any atom is -0.462 e. The number of nitrogens with zero attached hydrogens (tertiary/aromatic N) is 3. The zero-order valence-electron chi connectivity index (χ0n) is 17.4. The van der Waals surface area contributed by atoms with Crippen LogP contribution in [-0.4, -0.2) is 57.8 Å². The van der Waals surface area contributed by atoms with Gasteiger partial charge in [-0.2, -0.15) is 5.10 Å². The molecular weight excluding hydrogens is 382 g/mol. The molecule has 3 aromatic rings. The van der Waals surface area contributed by atoms with E-state index in [2.05, 4.69) is 44.6 Å². The van der Waals surface area contributed by atoms with Crippen molar-refractivity contribution < 1.29 is 14.3 Å². The number of esters is 1. The molecule has 8 heteroatoms. The Bertz CT molecular complexity index is 1010. The molecule has 0 radical (unpaired) electrons. The number of para-hydroxylation sites is 1. The number of piperidine rings is 1. The molecule has 1 aliphatic rings. The summed E-state index contributed by atoms with van der Waals surface area (Å²) in [6.45, 7) is 4.00. The van der Waals surface area contributed by atoms with Gasteiger partial charge in [0.15, 0.2) is 0 Å². The molecule has 1 fully saturated rings. The number of likely N-dealkylation sites (tertiary alicyclic amines) is 1. The molecule has 1 saturated heterocycles. The van der Waals surface area contributed by atoms with Gasteiger partial charge in [-0.3, -0.25) is 14.4 Å². The van der Waals surface area contributed by atoms with Gasteiger partial charge in [0.25, 0.3) is 0 Å². The summed E-state index contributed by atoms with van der Waals surface area (Å²) in [5, 5.41) is 8.12. The van der Waals surface area contributed by atoms with E-state index in [4.69, 9.17) is 4.74 Å². The van der Waals surface area contributed by atoms with Crippen molar-refractivity contribution in [3.8, 4) is 0 Å². The number of aryl methyl sites for hydroxylation is 1. The number of anilines is 1. The summed E-state index contributed by atoms with van der Waals surface area (Å²) in [7, 11) is 1.68. The lowest BCUT2D eigenvalue weighted by Gasteiger charge is -2.31. The van der Waals surface area contributed by atoms with E-state index in [1.54, 1.807) is 14.0 Å². The predicted octanol–water partition coefficient (Wildman–Crippen LogP) is 2.90. The van der Waals surface area contributed by atoms with E-state index in [1.165, 1.54) is 27.5 Å². The summed E-state index contributed by atoms with van der Waals surface area (Å²) >= 11 is 0. The first kappa shape index (κ1) is 20.2. The van der Waals surface area contributed by atoms with Gasteiger partial charge in [0.05, 0.1) is 19.3 Å². The first-order valence-electron chi connectivity index (χ1n) is 10.3. The first-order chi connectivity index (χ1) is 14.5. The van der Waals surface area contributed by atoms with E-state index in [0.29, 0.717) is 11.7 Å². The second-order valence-corrected chi connectivity index (χ2v) is 7.66.